The van der Waals surface area contributed by atoms with Crippen LogP contribution in [0.1, 0.15) is 11.9 Å². The van der Waals surface area contributed by atoms with Crippen molar-refractivity contribution in [3.8, 4) is 0 Å². The van der Waals surface area contributed by atoms with Crippen LogP contribution >= 0.6 is 34.5 Å². The van der Waals surface area contributed by atoms with Crippen LogP contribution in [0.25, 0.3) is 10.2 Å². The lowest BCUT2D eigenvalue weighted by molar-refractivity contribution is -0.116. The zero-order valence-corrected chi connectivity index (χ0v) is 15.4. The molecule has 0 saturated heterocycles. The van der Waals surface area contributed by atoms with E-state index in [1.54, 1.807) is 36.5 Å². The second-order valence-electron chi connectivity index (χ2n) is 5.39. The van der Waals surface area contributed by atoms with E-state index >= 15 is 0 Å². The van der Waals surface area contributed by atoms with Crippen molar-refractivity contribution in [2.45, 2.75) is 19.9 Å². The molecule has 4 nitrogen and oxygen atoms in total. The average Bonchev–Trinajstić information content (AvgIpc) is 2.89. The Labute approximate surface area is 153 Å². The maximum Gasteiger partial charge on any atom is 0.246 e. The third kappa shape index (κ3) is 3.80. The summed E-state index contributed by atoms with van der Waals surface area (Å²) in [6.45, 7) is 3.77. The summed E-state index contributed by atoms with van der Waals surface area (Å²) in [5, 5.41) is 7.94. The van der Waals surface area contributed by atoms with Crippen LogP contribution in [0.4, 0.5) is 11.4 Å². The van der Waals surface area contributed by atoms with Crippen molar-refractivity contribution in [2.75, 3.05) is 10.6 Å². The predicted molar refractivity (Wildman–Crippen MR) is 103 cm³/mol. The summed E-state index contributed by atoms with van der Waals surface area (Å²) in [6.07, 6.45) is 0. The number of fused-ring (bicyclic) bond motifs is 1. The van der Waals surface area contributed by atoms with Crippen molar-refractivity contribution in [2.24, 2.45) is 0 Å². The molecule has 0 aliphatic rings. The molecular weight excluding hydrogens is 365 g/mol. The van der Waals surface area contributed by atoms with Crippen molar-refractivity contribution < 1.29 is 4.79 Å². The largest absolute Gasteiger partial charge is 0.374 e. The summed E-state index contributed by atoms with van der Waals surface area (Å²) < 4.78 is 1.09. The molecule has 124 valence electrons. The van der Waals surface area contributed by atoms with Crippen molar-refractivity contribution in [1.82, 2.24) is 4.98 Å². The highest BCUT2D eigenvalue weighted by Gasteiger charge is 2.15. The molecule has 1 atom stereocenters. The number of aromatic nitrogens is 1. The van der Waals surface area contributed by atoms with Crippen LogP contribution in [-0.2, 0) is 4.79 Å². The van der Waals surface area contributed by atoms with Gasteiger partial charge < -0.3 is 10.6 Å². The number of thiazole rings is 1. The number of halogens is 2. The molecule has 1 aromatic heterocycles. The molecule has 0 aliphatic carbocycles. The van der Waals surface area contributed by atoms with Crippen LogP contribution in [-0.4, -0.2) is 16.9 Å². The highest BCUT2D eigenvalue weighted by Crippen LogP contribution is 2.27. The minimum Gasteiger partial charge on any atom is -0.374 e. The Morgan fingerprint density at radius 2 is 2.00 bits per heavy atom. The smallest absolute Gasteiger partial charge is 0.246 e. The highest BCUT2D eigenvalue weighted by atomic mass is 35.5. The molecule has 0 saturated carbocycles. The van der Waals surface area contributed by atoms with Gasteiger partial charge in [-0.15, -0.1) is 11.3 Å². The third-order valence-electron chi connectivity index (χ3n) is 3.46. The van der Waals surface area contributed by atoms with Crippen LogP contribution in [0.5, 0.6) is 0 Å². The summed E-state index contributed by atoms with van der Waals surface area (Å²) in [7, 11) is 0. The Balaban J connectivity index is 1.70. The summed E-state index contributed by atoms with van der Waals surface area (Å²) in [4.78, 5) is 16.8. The first-order valence-corrected chi connectivity index (χ1v) is 8.89. The molecule has 0 radical (unpaired) electrons. The van der Waals surface area contributed by atoms with Crippen LogP contribution < -0.4 is 10.6 Å². The van der Waals surface area contributed by atoms with E-state index in [9.17, 15) is 4.79 Å². The van der Waals surface area contributed by atoms with Crippen LogP contribution in [0.3, 0.4) is 0 Å². The molecule has 1 amide bonds. The Bertz CT molecular complexity index is 910. The lowest BCUT2D eigenvalue weighted by Crippen LogP contribution is -2.31. The quantitative estimate of drug-likeness (QED) is 0.642. The molecule has 0 aliphatic heterocycles. The fraction of sp³-hybridized carbons (Fsp3) is 0.176. The van der Waals surface area contributed by atoms with Gasteiger partial charge in [0.05, 0.1) is 25.9 Å². The minimum atomic E-state index is -0.428. The van der Waals surface area contributed by atoms with E-state index in [1.807, 2.05) is 25.1 Å². The molecule has 3 rings (SSSR count). The second kappa shape index (κ2) is 6.97. The summed E-state index contributed by atoms with van der Waals surface area (Å²) >= 11 is 13.6. The van der Waals surface area contributed by atoms with Gasteiger partial charge in [0.15, 0.2) is 0 Å². The maximum atomic E-state index is 12.3. The van der Waals surface area contributed by atoms with E-state index in [4.69, 9.17) is 23.2 Å². The summed E-state index contributed by atoms with van der Waals surface area (Å²) in [5.41, 5.74) is 2.37. The maximum absolute atomic E-state index is 12.3. The number of nitrogens with zero attached hydrogens (tertiary/aromatic N) is 1. The first kappa shape index (κ1) is 17.0. The molecule has 24 heavy (non-hydrogen) atoms. The van der Waals surface area contributed by atoms with Gasteiger partial charge in [-0.25, -0.2) is 4.98 Å². The molecule has 1 heterocycles. The zero-order valence-electron chi connectivity index (χ0n) is 13.1. The Morgan fingerprint density at radius 1 is 1.21 bits per heavy atom. The highest BCUT2D eigenvalue weighted by molar-refractivity contribution is 7.18. The van der Waals surface area contributed by atoms with Gasteiger partial charge in [0.1, 0.15) is 6.04 Å². The van der Waals surface area contributed by atoms with Gasteiger partial charge in [0.2, 0.25) is 5.91 Å². The molecule has 7 heteroatoms. The number of carbonyl (C=O) groups is 1. The van der Waals surface area contributed by atoms with E-state index in [-0.39, 0.29) is 5.91 Å². The lowest BCUT2D eigenvalue weighted by Gasteiger charge is -2.16. The van der Waals surface area contributed by atoms with Crippen molar-refractivity contribution in [3.05, 3.63) is 51.5 Å². The van der Waals surface area contributed by atoms with Crippen LogP contribution in [0.15, 0.2) is 36.4 Å². The number of carbonyl (C=O) groups excluding carboxylic acids is 1. The molecule has 0 bridgehead atoms. The van der Waals surface area contributed by atoms with Gasteiger partial charge >= 0.3 is 0 Å². The third-order valence-corrected chi connectivity index (χ3v) is 4.94. The number of hydrogen-bond donors (Lipinski definition) is 2. The molecule has 0 spiro atoms. The molecule has 3 aromatic rings. The van der Waals surface area contributed by atoms with Gasteiger partial charge in [0, 0.05) is 10.7 Å². The van der Waals surface area contributed by atoms with Crippen molar-refractivity contribution >= 4 is 62.0 Å². The van der Waals surface area contributed by atoms with Gasteiger partial charge in [0.25, 0.3) is 0 Å². The first-order valence-electron chi connectivity index (χ1n) is 7.32. The van der Waals surface area contributed by atoms with Gasteiger partial charge in [-0.3, -0.25) is 4.79 Å². The van der Waals surface area contributed by atoms with E-state index < -0.39 is 6.04 Å². The average molecular weight is 380 g/mol. The number of rotatable bonds is 4. The Kier molecular flexibility index (Phi) is 4.94. The lowest BCUT2D eigenvalue weighted by atomic mass is 10.2. The fourth-order valence-corrected chi connectivity index (χ4v) is 3.60. The normalized spacial score (nSPS) is 12.2. The number of aryl methyl sites for hydroxylation is 1. The Hall–Kier alpha value is -1.82. The predicted octanol–water partition coefficient (Wildman–Crippen LogP) is 5.35. The number of benzene rings is 2. The zero-order chi connectivity index (χ0) is 17.3. The minimum absolute atomic E-state index is 0.181. The SMILES string of the molecule is Cc1nc2ccc(N[C@H](C)C(=O)Nc3ccc(Cl)cc3Cl)cc2s1. The number of hydrogen-bond acceptors (Lipinski definition) is 4. The number of anilines is 2. The molecule has 0 fully saturated rings. The molecular formula is C17H15Cl2N3OS. The van der Waals surface area contributed by atoms with Crippen LogP contribution in [0.2, 0.25) is 10.0 Å². The van der Waals surface area contributed by atoms with Crippen LogP contribution in [0, 0.1) is 6.92 Å². The van der Waals surface area contributed by atoms with Crippen molar-refractivity contribution in [1.29, 1.82) is 0 Å². The van der Waals surface area contributed by atoms with Crippen molar-refractivity contribution in [3.63, 3.8) is 0 Å². The van der Waals surface area contributed by atoms with E-state index in [1.165, 1.54) is 0 Å². The second-order valence-corrected chi connectivity index (χ2v) is 7.47. The summed E-state index contributed by atoms with van der Waals surface area (Å²) in [6, 6.07) is 10.4. The Morgan fingerprint density at radius 3 is 2.75 bits per heavy atom. The molecule has 0 unspecified atom stereocenters. The summed E-state index contributed by atoms with van der Waals surface area (Å²) in [5.74, 6) is -0.181. The topological polar surface area (TPSA) is 54.0 Å². The van der Waals surface area contributed by atoms with Gasteiger partial charge in [-0.1, -0.05) is 23.2 Å². The fourth-order valence-electron chi connectivity index (χ4n) is 2.28. The first-order chi connectivity index (χ1) is 11.4. The van der Waals surface area contributed by atoms with E-state index in [0.29, 0.717) is 15.7 Å². The van der Waals surface area contributed by atoms with E-state index in [2.05, 4.69) is 15.6 Å². The van der Waals surface area contributed by atoms with Gasteiger partial charge in [-0.05, 0) is 50.2 Å². The molecule has 2 aromatic carbocycles. The van der Waals surface area contributed by atoms with Gasteiger partial charge in [-0.2, -0.15) is 0 Å². The number of nitrogens with one attached hydrogen (secondary N) is 2. The molecule has 2 N–H and O–H groups in total. The van der Waals surface area contributed by atoms with E-state index in [0.717, 1.165) is 20.9 Å². The standard InChI is InChI=1S/C17H15Cl2N3OS/c1-9(17(23)22-14-5-3-11(18)7-13(14)19)20-12-4-6-15-16(8-12)24-10(2)21-15/h3-9,20H,1-2H3,(H,22,23)/t9-/m1/s1. The monoisotopic (exact) mass is 379 g/mol. The number of amides is 1.